The van der Waals surface area contributed by atoms with Crippen LogP contribution in [0.5, 0.6) is 0 Å². The zero-order chi connectivity index (χ0) is 13.9. The van der Waals surface area contributed by atoms with Gasteiger partial charge < -0.3 is 10.1 Å². The Morgan fingerprint density at radius 3 is 2.42 bits per heavy atom. The first kappa shape index (κ1) is 14.8. The topological polar surface area (TPSA) is 38.3 Å². The van der Waals surface area contributed by atoms with Gasteiger partial charge in [-0.1, -0.05) is 40.0 Å². The summed E-state index contributed by atoms with van der Waals surface area (Å²) in [5.41, 5.74) is -0.293. The third-order valence-electron chi connectivity index (χ3n) is 4.51. The van der Waals surface area contributed by atoms with E-state index in [1.807, 2.05) is 20.8 Å². The maximum absolute atomic E-state index is 12.1. The van der Waals surface area contributed by atoms with Gasteiger partial charge in [-0.25, -0.2) is 0 Å². The number of carbonyl (C=O) groups is 1. The third-order valence-corrected chi connectivity index (χ3v) is 4.51. The van der Waals surface area contributed by atoms with E-state index in [0.717, 1.165) is 25.4 Å². The van der Waals surface area contributed by atoms with Crippen LogP contribution in [-0.2, 0) is 9.53 Å². The van der Waals surface area contributed by atoms with Crippen LogP contribution in [0.3, 0.4) is 0 Å². The van der Waals surface area contributed by atoms with Crippen LogP contribution in [0, 0.1) is 11.3 Å². The Hall–Kier alpha value is -0.570. The molecule has 2 unspecified atom stereocenters. The predicted octanol–water partition coefficient (Wildman–Crippen LogP) is 3.28. The molecule has 2 fully saturated rings. The van der Waals surface area contributed by atoms with E-state index in [1.54, 1.807) is 0 Å². The Morgan fingerprint density at radius 2 is 1.79 bits per heavy atom. The van der Waals surface area contributed by atoms with Crippen LogP contribution in [0.15, 0.2) is 0 Å². The lowest BCUT2D eigenvalue weighted by molar-refractivity contribution is -0.130. The molecule has 0 aromatic carbocycles. The summed E-state index contributed by atoms with van der Waals surface area (Å²) in [7, 11) is 0. The van der Waals surface area contributed by atoms with Gasteiger partial charge in [0.05, 0.1) is 6.10 Å². The maximum Gasteiger partial charge on any atom is 0.225 e. The smallest absolute Gasteiger partial charge is 0.225 e. The van der Waals surface area contributed by atoms with Crippen molar-refractivity contribution in [3.05, 3.63) is 0 Å². The molecule has 2 aliphatic rings. The van der Waals surface area contributed by atoms with E-state index in [1.165, 1.54) is 32.1 Å². The average Bonchev–Trinajstić information content (AvgIpc) is 2.39. The Bertz CT molecular complexity index is 302. The number of nitrogens with one attached hydrogen (secondary N) is 1. The zero-order valence-corrected chi connectivity index (χ0v) is 12.7. The van der Waals surface area contributed by atoms with Gasteiger partial charge in [-0.2, -0.15) is 0 Å². The number of rotatable bonds is 2. The molecule has 1 N–H and O–H groups in total. The van der Waals surface area contributed by atoms with E-state index >= 15 is 0 Å². The largest absolute Gasteiger partial charge is 0.378 e. The van der Waals surface area contributed by atoms with Crippen LogP contribution in [0.25, 0.3) is 0 Å². The third kappa shape index (κ3) is 4.20. The maximum atomic E-state index is 12.1. The molecular weight excluding hydrogens is 238 g/mol. The Balaban J connectivity index is 1.84. The number of hydrogen-bond acceptors (Lipinski definition) is 2. The first-order chi connectivity index (χ1) is 8.97. The first-order valence-corrected chi connectivity index (χ1v) is 7.89. The van der Waals surface area contributed by atoms with E-state index < -0.39 is 0 Å². The van der Waals surface area contributed by atoms with Gasteiger partial charge in [0.15, 0.2) is 0 Å². The molecule has 1 saturated carbocycles. The van der Waals surface area contributed by atoms with Crippen LogP contribution in [0.2, 0.25) is 0 Å². The van der Waals surface area contributed by atoms with E-state index in [9.17, 15) is 4.79 Å². The summed E-state index contributed by atoms with van der Waals surface area (Å²) in [4.78, 5) is 12.1. The highest BCUT2D eigenvalue weighted by Gasteiger charge is 2.32. The van der Waals surface area contributed by atoms with Gasteiger partial charge >= 0.3 is 0 Å². The Labute approximate surface area is 117 Å². The van der Waals surface area contributed by atoms with Gasteiger partial charge in [0.2, 0.25) is 5.91 Å². The van der Waals surface area contributed by atoms with Crippen molar-refractivity contribution in [2.75, 3.05) is 6.61 Å². The van der Waals surface area contributed by atoms with E-state index in [4.69, 9.17) is 4.74 Å². The SMILES string of the molecule is CC(C)(C)C(=O)NC1CCOC(C2CCCCC2)C1. The number of ether oxygens (including phenoxy) is 1. The normalized spacial score (nSPS) is 30.1. The number of hydrogen-bond donors (Lipinski definition) is 1. The second-order valence-corrected chi connectivity index (χ2v) is 7.25. The molecule has 3 heteroatoms. The van der Waals surface area contributed by atoms with Crippen molar-refractivity contribution in [2.45, 2.75) is 77.9 Å². The molecule has 1 aliphatic heterocycles. The van der Waals surface area contributed by atoms with Gasteiger partial charge in [0.1, 0.15) is 0 Å². The number of carbonyl (C=O) groups excluding carboxylic acids is 1. The van der Waals surface area contributed by atoms with E-state index in [-0.39, 0.29) is 11.3 Å². The van der Waals surface area contributed by atoms with Crippen molar-refractivity contribution in [1.29, 1.82) is 0 Å². The molecule has 1 saturated heterocycles. The second-order valence-electron chi connectivity index (χ2n) is 7.25. The predicted molar refractivity (Wildman–Crippen MR) is 76.9 cm³/mol. The summed E-state index contributed by atoms with van der Waals surface area (Å²) >= 11 is 0. The molecule has 2 rings (SSSR count). The first-order valence-electron chi connectivity index (χ1n) is 7.89. The summed E-state index contributed by atoms with van der Waals surface area (Å²) in [5.74, 6) is 0.893. The van der Waals surface area contributed by atoms with Crippen LogP contribution in [0.4, 0.5) is 0 Å². The fourth-order valence-electron chi connectivity index (χ4n) is 3.20. The minimum atomic E-state index is -0.293. The average molecular weight is 267 g/mol. The Morgan fingerprint density at radius 1 is 1.11 bits per heavy atom. The minimum absolute atomic E-state index is 0.168. The molecule has 0 spiro atoms. The van der Waals surface area contributed by atoms with Crippen molar-refractivity contribution < 1.29 is 9.53 Å². The fraction of sp³-hybridized carbons (Fsp3) is 0.938. The van der Waals surface area contributed by atoms with Gasteiger partial charge in [-0.3, -0.25) is 4.79 Å². The molecule has 1 amide bonds. The van der Waals surface area contributed by atoms with Crippen LogP contribution < -0.4 is 5.32 Å². The molecule has 0 aromatic heterocycles. The van der Waals surface area contributed by atoms with Gasteiger partial charge in [0, 0.05) is 18.1 Å². The summed E-state index contributed by atoms with van der Waals surface area (Å²) < 4.78 is 5.96. The van der Waals surface area contributed by atoms with Crippen LogP contribution in [0.1, 0.15) is 65.7 Å². The standard InChI is InChI=1S/C16H29NO2/c1-16(2,3)15(18)17-13-9-10-19-14(11-13)12-7-5-4-6-8-12/h12-14H,4-11H2,1-3H3,(H,17,18). The van der Waals surface area contributed by atoms with E-state index in [2.05, 4.69) is 5.32 Å². The van der Waals surface area contributed by atoms with Crippen molar-refractivity contribution >= 4 is 5.91 Å². The molecule has 2 atom stereocenters. The molecule has 0 radical (unpaired) electrons. The van der Waals surface area contributed by atoms with Crippen LogP contribution in [-0.4, -0.2) is 24.7 Å². The summed E-state index contributed by atoms with van der Waals surface area (Å²) in [5, 5.41) is 3.21. The van der Waals surface area contributed by atoms with Crippen molar-refractivity contribution in [1.82, 2.24) is 5.32 Å². The minimum Gasteiger partial charge on any atom is -0.378 e. The van der Waals surface area contributed by atoms with E-state index in [0.29, 0.717) is 12.1 Å². The highest BCUT2D eigenvalue weighted by Crippen LogP contribution is 2.32. The second kappa shape index (κ2) is 6.25. The molecule has 19 heavy (non-hydrogen) atoms. The summed E-state index contributed by atoms with van der Waals surface area (Å²) in [6.45, 7) is 6.72. The molecule has 0 bridgehead atoms. The molecule has 1 heterocycles. The molecule has 1 aliphatic carbocycles. The van der Waals surface area contributed by atoms with Gasteiger partial charge in [-0.15, -0.1) is 0 Å². The van der Waals surface area contributed by atoms with Crippen molar-refractivity contribution in [3.8, 4) is 0 Å². The van der Waals surface area contributed by atoms with Crippen molar-refractivity contribution in [2.24, 2.45) is 11.3 Å². The fourth-order valence-corrected chi connectivity index (χ4v) is 3.20. The summed E-state index contributed by atoms with van der Waals surface area (Å²) in [6, 6.07) is 0.312. The molecule has 3 nitrogen and oxygen atoms in total. The van der Waals surface area contributed by atoms with Crippen molar-refractivity contribution in [3.63, 3.8) is 0 Å². The highest BCUT2D eigenvalue weighted by atomic mass is 16.5. The van der Waals surface area contributed by atoms with Gasteiger partial charge in [-0.05, 0) is 31.6 Å². The van der Waals surface area contributed by atoms with Gasteiger partial charge in [0.25, 0.3) is 0 Å². The molecule has 0 aromatic rings. The lowest BCUT2D eigenvalue weighted by Crippen LogP contribution is -2.47. The molecule has 110 valence electrons. The zero-order valence-electron chi connectivity index (χ0n) is 12.7. The lowest BCUT2D eigenvalue weighted by atomic mass is 9.81. The molecular formula is C16H29NO2. The Kier molecular flexibility index (Phi) is 4.88. The number of amides is 1. The monoisotopic (exact) mass is 267 g/mol. The van der Waals surface area contributed by atoms with Crippen LogP contribution >= 0.6 is 0 Å². The quantitative estimate of drug-likeness (QED) is 0.834. The lowest BCUT2D eigenvalue weighted by Gasteiger charge is -2.37. The highest BCUT2D eigenvalue weighted by molar-refractivity contribution is 5.81. The summed E-state index contributed by atoms with van der Waals surface area (Å²) in [6.07, 6.45) is 9.05.